The maximum atomic E-state index is 13.1. The van der Waals surface area contributed by atoms with Gasteiger partial charge in [-0.2, -0.15) is 0 Å². The highest BCUT2D eigenvalue weighted by Gasteiger charge is 2.13. The van der Waals surface area contributed by atoms with E-state index in [4.69, 9.17) is 0 Å². The zero-order valence-electron chi connectivity index (χ0n) is 13.0. The van der Waals surface area contributed by atoms with Gasteiger partial charge in [-0.3, -0.25) is 4.90 Å². The quantitative estimate of drug-likeness (QED) is 0.892. The van der Waals surface area contributed by atoms with Crippen molar-refractivity contribution in [3.05, 3.63) is 65.5 Å². The van der Waals surface area contributed by atoms with Gasteiger partial charge < -0.3 is 5.32 Å². The fourth-order valence-electron chi connectivity index (χ4n) is 2.34. The fraction of sp³-hybridized carbons (Fsp3) is 0.278. The molecule has 0 unspecified atom stereocenters. The van der Waals surface area contributed by atoms with Gasteiger partial charge in [-0.05, 0) is 55.7 Å². The molecule has 0 heterocycles. The summed E-state index contributed by atoms with van der Waals surface area (Å²) < 4.78 is 13.1. The maximum absolute atomic E-state index is 13.1. The molecule has 3 nitrogen and oxygen atoms in total. The number of carbonyl (C=O) groups is 1. The molecule has 0 aliphatic heterocycles. The molecule has 0 saturated carbocycles. The van der Waals surface area contributed by atoms with E-state index in [2.05, 4.69) is 5.32 Å². The Bertz CT molecular complexity index is 642. The van der Waals surface area contributed by atoms with Crippen molar-refractivity contribution in [3.8, 4) is 0 Å². The molecule has 0 aromatic heterocycles. The van der Waals surface area contributed by atoms with E-state index >= 15 is 0 Å². The number of hydrogen-bond acceptors (Lipinski definition) is 1. The number of hydrogen-bond donors (Lipinski definition) is 1. The molecule has 0 bridgehead atoms. The first-order valence-electron chi connectivity index (χ1n) is 7.46. The zero-order chi connectivity index (χ0) is 15.9. The van der Waals surface area contributed by atoms with Crippen LogP contribution < -0.4 is 10.2 Å². The number of carbonyl (C=O) groups excluding carboxylic acids is 1. The minimum absolute atomic E-state index is 0.135. The Morgan fingerprint density at radius 3 is 2.64 bits per heavy atom. The van der Waals surface area contributed by atoms with Gasteiger partial charge >= 0.3 is 6.03 Å². The van der Waals surface area contributed by atoms with Crippen molar-refractivity contribution in [2.24, 2.45) is 0 Å². The van der Waals surface area contributed by atoms with Crippen molar-refractivity contribution in [1.29, 1.82) is 0 Å². The smallest absolute Gasteiger partial charge is 0.321 e. The van der Waals surface area contributed by atoms with Gasteiger partial charge in [0.2, 0.25) is 0 Å². The molecule has 0 saturated heterocycles. The molecular weight excluding hydrogens is 279 g/mol. The first kappa shape index (κ1) is 16.0. The van der Waals surface area contributed by atoms with Crippen LogP contribution in [-0.2, 0) is 6.42 Å². The number of anilines is 1. The molecule has 116 valence electrons. The normalized spacial score (nSPS) is 10.3. The van der Waals surface area contributed by atoms with Crippen LogP contribution in [0.1, 0.15) is 18.1 Å². The number of amides is 2. The molecule has 0 atom stereocenters. The van der Waals surface area contributed by atoms with Crippen LogP contribution in [0.4, 0.5) is 14.9 Å². The van der Waals surface area contributed by atoms with Crippen molar-refractivity contribution in [3.63, 3.8) is 0 Å². The van der Waals surface area contributed by atoms with Crippen molar-refractivity contribution >= 4 is 11.7 Å². The number of nitrogens with zero attached hydrogens (tertiary/aromatic N) is 1. The van der Waals surface area contributed by atoms with Crippen LogP contribution >= 0.6 is 0 Å². The van der Waals surface area contributed by atoms with Crippen molar-refractivity contribution in [2.45, 2.75) is 20.3 Å². The zero-order valence-corrected chi connectivity index (χ0v) is 13.0. The maximum Gasteiger partial charge on any atom is 0.321 e. The van der Waals surface area contributed by atoms with Crippen LogP contribution in [0.15, 0.2) is 48.5 Å². The third kappa shape index (κ3) is 4.32. The minimum Gasteiger partial charge on any atom is -0.337 e. The predicted molar refractivity (Wildman–Crippen MR) is 87.7 cm³/mol. The van der Waals surface area contributed by atoms with Gasteiger partial charge in [-0.1, -0.05) is 24.3 Å². The van der Waals surface area contributed by atoms with E-state index in [1.54, 1.807) is 11.0 Å². The second kappa shape index (κ2) is 7.59. The highest BCUT2D eigenvalue weighted by Crippen LogP contribution is 2.15. The van der Waals surface area contributed by atoms with Crippen LogP contribution in [0.3, 0.4) is 0 Å². The van der Waals surface area contributed by atoms with Crippen LogP contribution in [0, 0.1) is 12.7 Å². The SMILES string of the molecule is CCN(C(=O)NCCc1cccc(F)c1)c1cccc(C)c1. The van der Waals surface area contributed by atoms with Crippen molar-refractivity contribution < 1.29 is 9.18 Å². The minimum atomic E-state index is -0.251. The molecule has 0 spiro atoms. The molecule has 1 N–H and O–H groups in total. The summed E-state index contributed by atoms with van der Waals surface area (Å²) in [4.78, 5) is 14.0. The molecular formula is C18H21FN2O. The highest BCUT2D eigenvalue weighted by molar-refractivity contribution is 5.91. The molecule has 2 rings (SSSR count). The summed E-state index contributed by atoms with van der Waals surface area (Å²) in [5.74, 6) is -0.251. The van der Waals surface area contributed by atoms with Crippen molar-refractivity contribution in [2.75, 3.05) is 18.0 Å². The first-order chi connectivity index (χ1) is 10.6. The first-order valence-corrected chi connectivity index (χ1v) is 7.46. The average molecular weight is 300 g/mol. The molecule has 22 heavy (non-hydrogen) atoms. The van der Waals surface area contributed by atoms with Gasteiger partial charge in [0, 0.05) is 18.8 Å². The monoisotopic (exact) mass is 300 g/mol. The molecule has 4 heteroatoms. The molecule has 0 radical (unpaired) electrons. The fourth-order valence-corrected chi connectivity index (χ4v) is 2.34. The van der Waals surface area contributed by atoms with E-state index in [-0.39, 0.29) is 11.8 Å². The Kier molecular flexibility index (Phi) is 5.53. The van der Waals surface area contributed by atoms with E-state index < -0.39 is 0 Å². The Hall–Kier alpha value is -2.36. The second-order valence-corrected chi connectivity index (χ2v) is 5.20. The predicted octanol–water partition coefficient (Wildman–Crippen LogP) is 3.91. The average Bonchev–Trinajstić information content (AvgIpc) is 2.48. The van der Waals surface area contributed by atoms with Gasteiger partial charge in [-0.25, -0.2) is 9.18 Å². The summed E-state index contributed by atoms with van der Waals surface area (Å²) in [7, 11) is 0. The number of aryl methyl sites for hydroxylation is 1. The summed E-state index contributed by atoms with van der Waals surface area (Å²) >= 11 is 0. The van der Waals surface area contributed by atoms with Gasteiger partial charge in [0.15, 0.2) is 0 Å². The summed E-state index contributed by atoms with van der Waals surface area (Å²) in [6.07, 6.45) is 0.606. The topological polar surface area (TPSA) is 32.3 Å². The summed E-state index contributed by atoms with van der Waals surface area (Å²) in [6.45, 7) is 5.01. The number of halogens is 1. The number of benzene rings is 2. The Labute approximate surface area is 130 Å². The van der Waals surface area contributed by atoms with Gasteiger partial charge in [0.25, 0.3) is 0 Å². The van der Waals surface area contributed by atoms with E-state index in [0.717, 1.165) is 16.8 Å². The summed E-state index contributed by atoms with van der Waals surface area (Å²) in [6, 6.07) is 14.1. The third-order valence-electron chi connectivity index (χ3n) is 3.45. The lowest BCUT2D eigenvalue weighted by Crippen LogP contribution is -2.40. The molecule has 2 aromatic rings. The van der Waals surface area contributed by atoms with Crippen LogP contribution in [-0.4, -0.2) is 19.1 Å². The van der Waals surface area contributed by atoms with E-state index in [1.807, 2.05) is 44.2 Å². The van der Waals surface area contributed by atoms with Crippen LogP contribution in [0.2, 0.25) is 0 Å². The van der Waals surface area contributed by atoms with Crippen molar-refractivity contribution in [1.82, 2.24) is 5.32 Å². The number of nitrogens with one attached hydrogen (secondary N) is 1. The second-order valence-electron chi connectivity index (χ2n) is 5.20. The standard InChI is InChI=1S/C18H21FN2O/c1-3-21(17-9-4-6-14(2)12-17)18(22)20-11-10-15-7-5-8-16(19)13-15/h4-9,12-13H,3,10-11H2,1-2H3,(H,20,22). The Morgan fingerprint density at radius 2 is 1.95 bits per heavy atom. The number of urea groups is 1. The Morgan fingerprint density at radius 1 is 1.18 bits per heavy atom. The summed E-state index contributed by atoms with van der Waals surface area (Å²) in [5, 5.41) is 2.88. The van der Waals surface area contributed by atoms with E-state index in [0.29, 0.717) is 19.5 Å². The molecule has 0 aliphatic rings. The molecule has 2 aromatic carbocycles. The van der Waals surface area contributed by atoms with Crippen LogP contribution in [0.25, 0.3) is 0 Å². The molecule has 2 amide bonds. The lowest BCUT2D eigenvalue weighted by Gasteiger charge is -2.22. The lowest BCUT2D eigenvalue weighted by molar-refractivity contribution is 0.246. The lowest BCUT2D eigenvalue weighted by atomic mass is 10.1. The Balaban J connectivity index is 1.92. The van der Waals surface area contributed by atoms with Crippen LogP contribution in [0.5, 0.6) is 0 Å². The highest BCUT2D eigenvalue weighted by atomic mass is 19.1. The van der Waals surface area contributed by atoms with Gasteiger partial charge in [0.1, 0.15) is 5.82 Å². The molecule has 0 aliphatic carbocycles. The number of rotatable bonds is 5. The van der Waals surface area contributed by atoms with E-state index in [9.17, 15) is 9.18 Å². The molecule has 0 fully saturated rings. The summed E-state index contributed by atoms with van der Waals surface area (Å²) in [5.41, 5.74) is 2.87. The van der Waals surface area contributed by atoms with E-state index in [1.165, 1.54) is 12.1 Å². The van der Waals surface area contributed by atoms with Gasteiger partial charge in [0.05, 0.1) is 0 Å². The largest absolute Gasteiger partial charge is 0.337 e. The third-order valence-corrected chi connectivity index (χ3v) is 3.45. The van der Waals surface area contributed by atoms with Gasteiger partial charge in [-0.15, -0.1) is 0 Å².